The molecule has 0 unspecified atom stereocenters. The Kier molecular flexibility index (Phi) is 5.32. The van der Waals surface area contributed by atoms with Crippen molar-refractivity contribution in [1.29, 1.82) is 0 Å². The van der Waals surface area contributed by atoms with E-state index in [4.69, 9.17) is 4.74 Å². The molecule has 0 bridgehead atoms. The van der Waals surface area contributed by atoms with Gasteiger partial charge in [-0.2, -0.15) is 0 Å². The van der Waals surface area contributed by atoms with Crippen molar-refractivity contribution < 1.29 is 14.3 Å². The molecular formula is C18H22O3. The Morgan fingerprint density at radius 2 is 2.05 bits per heavy atom. The minimum Gasteiger partial charge on any atom is -0.462 e. The van der Waals surface area contributed by atoms with Gasteiger partial charge < -0.3 is 4.74 Å². The average Bonchev–Trinajstić information content (AvgIpc) is 2.86. The Hall–Kier alpha value is -1.90. The van der Waals surface area contributed by atoms with E-state index in [1.807, 2.05) is 12.1 Å². The van der Waals surface area contributed by atoms with Crippen LogP contribution in [-0.4, -0.2) is 18.4 Å². The van der Waals surface area contributed by atoms with Crippen LogP contribution in [0, 0.1) is 0 Å². The third-order valence-corrected chi connectivity index (χ3v) is 3.78. The molecule has 3 heteroatoms. The molecule has 0 atom stereocenters. The SMILES string of the molecule is CCCCC1=C(c2cccc(C(=O)OCC)c2)C(=O)CC1. The van der Waals surface area contributed by atoms with Gasteiger partial charge >= 0.3 is 5.97 Å². The van der Waals surface area contributed by atoms with Gasteiger partial charge in [-0.15, -0.1) is 0 Å². The van der Waals surface area contributed by atoms with E-state index in [1.54, 1.807) is 19.1 Å². The molecule has 1 aliphatic rings. The first-order valence-electron chi connectivity index (χ1n) is 7.70. The third-order valence-electron chi connectivity index (χ3n) is 3.78. The molecule has 1 aliphatic carbocycles. The second-order valence-electron chi connectivity index (χ2n) is 5.31. The van der Waals surface area contributed by atoms with E-state index in [1.165, 1.54) is 5.57 Å². The van der Waals surface area contributed by atoms with E-state index in [2.05, 4.69) is 6.92 Å². The average molecular weight is 286 g/mol. The molecule has 0 aromatic heterocycles. The molecule has 0 N–H and O–H groups in total. The van der Waals surface area contributed by atoms with Crippen LogP contribution in [0.5, 0.6) is 0 Å². The zero-order valence-electron chi connectivity index (χ0n) is 12.8. The highest BCUT2D eigenvalue weighted by molar-refractivity contribution is 6.24. The van der Waals surface area contributed by atoms with E-state index in [0.717, 1.165) is 36.8 Å². The van der Waals surface area contributed by atoms with Crippen LogP contribution >= 0.6 is 0 Å². The highest BCUT2D eigenvalue weighted by atomic mass is 16.5. The van der Waals surface area contributed by atoms with Crippen LogP contribution in [0.3, 0.4) is 0 Å². The molecule has 0 spiro atoms. The van der Waals surface area contributed by atoms with Crippen molar-refractivity contribution in [2.24, 2.45) is 0 Å². The molecule has 3 nitrogen and oxygen atoms in total. The Morgan fingerprint density at radius 1 is 1.24 bits per heavy atom. The molecule has 1 aromatic carbocycles. The van der Waals surface area contributed by atoms with Crippen molar-refractivity contribution in [2.75, 3.05) is 6.61 Å². The maximum absolute atomic E-state index is 12.2. The van der Waals surface area contributed by atoms with Gasteiger partial charge in [0, 0.05) is 12.0 Å². The number of ether oxygens (including phenoxy) is 1. The van der Waals surface area contributed by atoms with E-state index in [0.29, 0.717) is 18.6 Å². The number of rotatable bonds is 6. The largest absolute Gasteiger partial charge is 0.462 e. The Bertz CT molecular complexity index is 570. The van der Waals surface area contributed by atoms with Crippen molar-refractivity contribution in [3.8, 4) is 0 Å². The van der Waals surface area contributed by atoms with Gasteiger partial charge in [-0.25, -0.2) is 4.79 Å². The monoisotopic (exact) mass is 286 g/mol. The van der Waals surface area contributed by atoms with E-state index in [9.17, 15) is 9.59 Å². The van der Waals surface area contributed by atoms with Crippen LogP contribution in [-0.2, 0) is 9.53 Å². The standard InChI is InChI=1S/C18H22O3/c1-3-5-7-13-10-11-16(19)17(13)14-8-6-9-15(12-14)18(20)21-4-2/h6,8-9,12H,3-5,7,10-11H2,1-2H3. The summed E-state index contributed by atoms with van der Waals surface area (Å²) < 4.78 is 5.02. The van der Waals surface area contributed by atoms with Crippen molar-refractivity contribution in [3.63, 3.8) is 0 Å². The lowest BCUT2D eigenvalue weighted by atomic mass is 9.97. The van der Waals surface area contributed by atoms with Crippen molar-refractivity contribution in [2.45, 2.75) is 46.0 Å². The number of ketones is 1. The molecule has 112 valence electrons. The van der Waals surface area contributed by atoms with Crippen molar-refractivity contribution >= 4 is 17.3 Å². The minimum absolute atomic E-state index is 0.196. The summed E-state index contributed by atoms with van der Waals surface area (Å²) in [5.74, 6) is -0.136. The maximum atomic E-state index is 12.2. The second kappa shape index (κ2) is 7.21. The van der Waals surface area contributed by atoms with Gasteiger partial charge in [-0.3, -0.25) is 4.79 Å². The Morgan fingerprint density at radius 3 is 2.76 bits per heavy atom. The lowest BCUT2D eigenvalue weighted by molar-refractivity contribution is -0.113. The van der Waals surface area contributed by atoms with Gasteiger partial charge in [0.05, 0.1) is 12.2 Å². The molecule has 0 saturated carbocycles. The maximum Gasteiger partial charge on any atom is 0.338 e. The molecule has 0 saturated heterocycles. The first-order valence-corrected chi connectivity index (χ1v) is 7.70. The molecule has 0 amide bonds. The summed E-state index contributed by atoms with van der Waals surface area (Å²) in [5, 5.41) is 0. The smallest absolute Gasteiger partial charge is 0.338 e. The number of esters is 1. The minimum atomic E-state index is -0.333. The summed E-state index contributed by atoms with van der Waals surface area (Å²) >= 11 is 0. The quantitative estimate of drug-likeness (QED) is 0.737. The number of carbonyl (C=O) groups excluding carboxylic acids is 2. The number of hydrogen-bond acceptors (Lipinski definition) is 3. The summed E-state index contributed by atoms with van der Waals surface area (Å²) in [5.41, 5.74) is 3.43. The topological polar surface area (TPSA) is 43.4 Å². The van der Waals surface area contributed by atoms with Crippen molar-refractivity contribution in [3.05, 3.63) is 41.0 Å². The molecule has 0 heterocycles. The van der Waals surface area contributed by atoms with Gasteiger partial charge in [0.2, 0.25) is 0 Å². The van der Waals surface area contributed by atoms with Gasteiger partial charge in [0.1, 0.15) is 0 Å². The normalized spacial score (nSPS) is 14.7. The number of hydrogen-bond donors (Lipinski definition) is 0. The van der Waals surface area contributed by atoms with Gasteiger partial charge in [-0.05, 0) is 43.9 Å². The Balaban J connectivity index is 2.33. The van der Waals surface area contributed by atoms with Crippen LogP contribution in [0.4, 0.5) is 0 Å². The zero-order chi connectivity index (χ0) is 15.2. The highest BCUT2D eigenvalue weighted by Crippen LogP contribution is 2.34. The highest BCUT2D eigenvalue weighted by Gasteiger charge is 2.24. The van der Waals surface area contributed by atoms with Crippen molar-refractivity contribution in [1.82, 2.24) is 0 Å². The van der Waals surface area contributed by atoms with E-state index < -0.39 is 0 Å². The molecule has 21 heavy (non-hydrogen) atoms. The fourth-order valence-corrected chi connectivity index (χ4v) is 2.73. The number of carbonyl (C=O) groups is 2. The summed E-state index contributed by atoms with van der Waals surface area (Å²) in [4.78, 5) is 24.0. The predicted octanol–water partition coefficient (Wildman–Crippen LogP) is 4.17. The van der Waals surface area contributed by atoms with Gasteiger partial charge in [0.15, 0.2) is 5.78 Å². The van der Waals surface area contributed by atoms with Crippen LogP contribution in [0.25, 0.3) is 5.57 Å². The molecule has 0 aliphatic heterocycles. The first-order chi connectivity index (χ1) is 10.2. The summed E-state index contributed by atoms with van der Waals surface area (Å²) in [7, 11) is 0. The van der Waals surface area contributed by atoms with Gasteiger partial charge in [0.25, 0.3) is 0 Å². The fourth-order valence-electron chi connectivity index (χ4n) is 2.73. The number of unbranched alkanes of at least 4 members (excludes halogenated alkanes) is 1. The molecule has 0 fully saturated rings. The molecule has 2 rings (SSSR count). The summed E-state index contributed by atoms with van der Waals surface area (Å²) in [6, 6.07) is 7.24. The van der Waals surface area contributed by atoms with Crippen LogP contribution in [0.15, 0.2) is 29.8 Å². The molecule has 0 radical (unpaired) electrons. The lowest BCUT2D eigenvalue weighted by Crippen LogP contribution is -2.05. The summed E-state index contributed by atoms with van der Waals surface area (Å²) in [6.07, 6.45) is 4.65. The third kappa shape index (κ3) is 3.60. The number of allylic oxidation sites excluding steroid dienone is 2. The number of Topliss-reactive ketones (excluding diaryl/α,β-unsaturated/α-hetero) is 1. The van der Waals surface area contributed by atoms with Crippen LogP contribution < -0.4 is 0 Å². The lowest BCUT2D eigenvalue weighted by Gasteiger charge is -2.08. The van der Waals surface area contributed by atoms with Gasteiger partial charge in [-0.1, -0.05) is 31.1 Å². The molecular weight excluding hydrogens is 264 g/mol. The Labute approximate surface area is 126 Å². The van der Waals surface area contributed by atoms with E-state index >= 15 is 0 Å². The predicted molar refractivity (Wildman–Crippen MR) is 83.1 cm³/mol. The number of benzene rings is 1. The van der Waals surface area contributed by atoms with Crippen LogP contribution in [0.2, 0.25) is 0 Å². The van der Waals surface area contributed by atoms with E-state index in [-0.39, 0.29) is 11.8 Å². The fraction of sp³-hybridized carbons (Fsp3) is 0.444. The summed E-state index contributed by atoms with van der Waals surface area (Å²) in [6.45, 7) is 4.29. The zero-order valence-corrected chi connectivity index (χ0v) is 12.8. The molecule has 1 aromatic rings. The second-order valence-corrected chi connectivity index (χ2v) is 5.31. The first kappa shape index (κ1) is 15.5. The van der Waals surface area contributed by atoms with Crippen LogP contribution in [0.1, 0.15) is 61.9 Å².